The summed E-state index contributed by atoms with van der Waals surface area (Å²) in [5.41, 5.74) is 2.46. The third-order valence-electron chi connectivity index (χ3n) is 2.31. The smallest absolute Gasteiger partial charge is 0.0690 e. The highest BCUT2D eigenvalue weighted by molar-refractivity contribution is 5.59. The van der Waals surface area contributed by atoms with Crippen molar-refractivity contribution in [1.29, 1.82) is 0 Å². The molecule has 0 unspecified atom stereocenters. The molecule has 2 rings (SSSR count). The Hall–Kier alpha value is -1.34. The quantitative estimate of drug-likeness (QED) is 0.688. The van der Waals surface area contributed by atoms with E-state index >= 15 is 0 Å². The van der Waals surface area contributed by atoms with Crippen molar-refractivity contribution < 1.29 is 4.74 Å². The third kappa shape index (κ3) is 1.94. The van der Waals surface area contributed by atoms with E-state index in [2.05, 4.69) is 24.8 Å². The number of hydrogen-bond donors (Lipinski definition) is 0. The minimum absolute atomic E-state index is 0.697. The molecule has 1 aromatic carbocycles. The molecule has 1 aliphatic rings. The van der Waals surface area contributed by atoms with Crippen LogP contribution in [0.5, 0.6) is 0 Å². The standard InChI is InChI=1S/C13H13O/c1-2-12-9-14-10-13(12)8-11-6-4-3-5-7-11/h2-8H,1,9-10H2/b13-8-. The maximum Gasteiger partial charge on any atom is 0.0690 e. The summed E-state index contributed by atoms with van der Waals surface area (Å²) < 4.78 is 5.36. The van der Waals surface area contributed by atoms with Gasteiger partial charge in [-0.25, -0.2) is 0 Å². The molecule has 0 aliphatic carbocycles. The number of hydrogen-bond acceptors (Lipinski definition) is 1. The van der Waals surface area contributed by atoms with Crippen LogP contribution in [-0.4, -0.2) is 13.2 Å². The third-order valence-corrected chi connectivity index (χ3v) is 2.31. The van der Waals surface area contributed by atoms with Crippen LogP contribution >= 0.6 is 0 Å². The van der Waals surface area contributed by atoms with E-state index in [0.29, 0.717) is 13.2 Å². The Morgan fingerprint density at radius 1 is 1.14 bits per heavy atom. The van der Waals surface area contributed by atoms with Crippen LogP contribution in [-0.2, 0) is 4.74 Å². The van der Waals surface area contributed by atoms with Gasteiger partial charge in [0.25, 0.3) is 0 Å². The van der Waals surface area contributed by atoms with Crippen molar-refractivity contribution in [2.75, 3.05) is 13.2 Å². The van der Waals surface area contributed by atoms with Gasteiger partial charge in [-0.2, -0.15) is 0 Å². The summed E-state index contributed by atoms with van der Waals surface area (Å²) in [5, 5.41) is 0. The molecular formula is C13H13O. The summed E-state index contributed by atoms with van der Waals surface area (Å²) in [7, 11) is 0. The van der Waals surface area contributed by atoms with Crippen LogP contribution < -0.4 is 0 Å². The monoisotopic (exact) mass is 185 g/mol. The topological polar surface area (TPSA) is 9.23 Å². The minimum atomic E-state index is 0.697. The minimum Gasteiger partial charge on any atom is -0.376 e. The molecule has 1 radical (unpaired) electrons. The molecule has 1 nitrogen and oxygen atoms in total. The molecule has 1 heteroatoms. The lowest BCUT2D eigenvalue weighted by Crippen LogP contribution is -1.93. The Labute approximate surface area is 84.7 Å². The van der Waals surface area contributed by atoms with E-state index in [1.165, 1.54) is 17.1 Å². The molecule has 0 spiro atoms. The largest absolute Gasteiger partial charge is 0.376 e. The van der Waals surface area contributed by atoms with E-state index in [9.17, 15) is 0 Å². The first kappa shape index (κ1) is 9.22. The molecule has 0 atom stereocenters. The predicted octanol–water partition coefficient (Wildman–Crippen LogP) is 2.86. The molecule has 1 aliphatic heterocycles. The fourth-order valence-electron chi connectivity index (χ4n) is 1.53. The van der Waals surface area contributed by atoms with Gasteiger partial charge in [-0.05, 0) is 11.1 Å². The molecule has 14 heavy (non-hydrogen) atoms. The lowest BCUT2D eigenvalue weighted by atomic mass is 10.0. The van der Waals surface area contributed by atoms with Crippen LogP contribution in [0.25, 0.3) is 6.08 Å². The molecule has 71 valence electrons. The fourth-order valence-corrected chi connectivity index (χ4v) is 1.53. The SMILES string of the molecule is C=C[C]1COC/C1=C/c1ccccc1. The van der Waals surface area contributed by atoms with Crippen LogP contribution in [0.1, 0.15) is 5.56 Å². The number of rotatable bonds is 2. The summed E-state index contributed by atoms with van der Waals surface area (Å²) in [5.74, 6) is 1.20. The zero-order valence-corrected chi connectivity index (χ0v) is 8.07. The Balaban J connectivity index is 2.22. The Bertz CT molecular complexity index is 338. The summed E-state index contributed by atoms with van der Waals surface area (Å²) in [6.07, 6.45) is 4.03. The number of benzene rings is 1. The highest BCUT2D eigenvalue weighted by Gasteiger charge is 2.18. The summed E-state index contributed by atoms with van der Waals surface area (Å²) in [4.78, 5) is 0. The van der Waals surface area contributed by atoms with E-state index in [1.807, 2.05) is 24.3 Å². The van der Waals surface area contributed by atoms with Crippen molar-refractivity contribution >= 4 is 6.08 Å². The molecule has 0 N–H and O–H groups in total. The molecular weight excluding hydrogens is 172 g/mol. The van der Waals surface area contributed by atoms with E-state index in [4.69, 9.17) is 4.74 Å². The van der Waals surface area contributed by atoms with Gasteiger partial charge in [-0.3, -0.25) is 0 Å². The van der Waals surface area contributed by atoms with Crippen molar-refractivity contribution in [3.05, 3.63) is 60.0 Å². The maximum absolute atomic E-state index is 5.36. The van der Waals surface area contributed by atoms with Crippen LogP contribution in [0.4, 0.5) is 0 Å². The van der Waals surface area contributed by atoms with Gasteiger partial charge < -0.3 is 4.74 Å². The molecule has 0 bridgehead atoms. The van der Waals surface area contributed by atoms with Crippen molar-refractivity contribution in [2.45, 2.75) is 0 Å². The summed E-state index contributed by atoms with van der Waals surface area (Å²) in [6.45, 7) is 5.18. The number of ether oxygens (including phenoxy) is 1. The molecule has 1 fully saturated rings. The van der Waals surface area contributed by atoms with Crippen LogP contribution in [0.2, 0.25) is 0 Å². The summed E-state index contributed by atoms with van der Waals surface area (Å²) >= 11 is 0. The van der Waals surface area contributed by atoms with E-state index in [-0.39, 0.29) is 0 Å². The second-order valence-corrected chi connectivity index (χ2v) is 3.30. The maximum atomic E-state index is 5.36. The van der Waals surface area contributed by atoms with Crippen molar-refractivity contribution in [2.24, 2.45) is 0 Å². The highest BCUT2D eigenvalue weighted by atomic mass is 16.5. The summed E-state index contributed by atoms with van der Waals surface area (Å²) in [6, 6.07) is 10.3. The average Bonchev–Trinajstić information content (AvgIpc) is 2.67. The first-order chi connectivity index (χ1) is 6.90. The van der Waals surface area contributed by atoms with Gasteiger partial charge in [0.1, 0.15) is 0 Å². The molecule has 1 aromatic rings. The lowest BCUT2D eigenvalue weighted by molar-refractivity contribution is 0.211. The van der Waals surface area contributed by atoms with E-state index in [1.54, 1.807) is 0 Å². The van der Waals surface area contributed by atoms with Gasteiger partial charge in [0, 0.05) is 5.92 Å². The first-order valence-corrected chi connectivity index (χ1v) is 4.72. The van der Waals surface area contributed by atoms with Gasteiger partial charge in [0.05, 0.1) is 13.2 Å². The molecule has 1 saturated heterocycles. The van der Waals surface area contributed by atoms with Gasteiger partial charge in [0.15, 0.2) is 0 Å². The molecule has 0 aromatic heterocycles. The zero-order valence-electron chi connectivity index (χ0n) is 8.07. The predicted molar refractivity (Wildman–Crippen MR) is 58.7 cm³/mol. The van der Waals surface area contributed by atoms with E-state index < -0.39 is 0 Å². The lowest BCUT2D eigenvalue weighted by Gasteiger charge is -2.01. The van der Waals surface area contributed by atoms with Crippen LogP contribution in [0.3, 0.4) is 0 Å². The normalized spacial score (nSPS) is 20.1. The Kier molecular flexibility index (Phi) is 2.80. The molecule has 0 saturated carbocycles. The molecule has 0 amide bonds. The van der Waals surface area contributed by atoms with Crippen LogP contribution in [0, 0.1) is 5.92 Å². The van der Waals surface area contributed by atoms with E-state index in [0.717, 1.165) is 0 Å². The average molecular weight is 185 g/mol. The molecule has 1 heterocycles. The zero-order chi connectivity index (χ0) is 9.80. The fraction of sp³-hybridized carbons (Fsp3) is 0.154. The van der Waals surface area contributed by atoms with Gasteiger partial charge in [0.2, 0.25) is 0 Å². The Morgan fingerprint density at radius 2 is 1.93 bits per heavy atom. The second kappa shape index (κ2) is 4.25. The van der Waals surface area contributed by atoms with Crippen molar-refractivity contribution in [3.63, 3.8) is 0 Å². The highest BCUT2D eigenvalue weighted by Crippen LogP contribution is 2.24. The van der Waals surface area contributed by atoms with Crippen LogP contribution in [0.15, 0.2) is 48.6 Å². The van der Waals surface area contributed by atoms with Gasteiger partial charge in [-0.15, -0.1) is 6.58 Å². The first-order valence-electron chi connectivity index (χ1n) is 4.72. The second-order valence-electron chi connectivity index (χ2n) is 3.30. The van der Waals surface area contributed by atoms with Gasteiger partial charge in [-0.1, -0.05) is 42.5 Å². The van der Waals surface area contributed by atoms with Crippen molar-refractivity contribution in [1.82, 2.24) is 0 Å². The van der Waals surface area contributed by atoms with Gasteiger partial charge >= 0.3 is 0 Å². The van der Waals surface area contributed by atoms with Crippen molar-refractivity contribution in [3.8, 4) is 0 Å². The Morgan fingerprint density at radius 3 is 2.64 bits per heavy atom.